The predicted octanol–water partition coefficient (Wildman–Crippen LogP) is 0.350. The molecule has 1 aromatic rings. The number of para-hydroxylation sites is 1. The Morgan fingerprint density at radius 3 is 2.64 bits per heavy atom. The summed E-state index contributed by atoms with van der Waals surface area (Å²) in [7, 11) is 0. The van der Waals surface area contributed by atoms with Crippen LogP contribution in [-0.2, 0) is 11.4 Å². The number of benzene rings is 1. The van der Waals surface area contributed by atoms with Gasteiger partial charge in [-0.2, -0.15) is 0 Å². The van der Waals surface area contributed by atoms with E-state index in [-0.39, 0.29) is 5.69 Å². The molecule has 0 aliphatic rings. The van der Waals surface area contributed by atoms with Gasteiger partial charge in [0, 0.05) is 6.07 Å². The molecule has 2 N–H and O–H groups in total. The van der Waals surface area contributed by atoms with Crippen LogP contribution in [0.1, 0.15) is 0 Å². The molecule has 0 amide bonds. The van der Waals surface area contributed by atoms with Crippen molar-refractivity contribution in [2.75, 3.05) is 5.73 Å². The van der Waals surface area contributed by atoms with Crippen LogP contribution in [0.2, 0.25) is 0 Å². The van der Waals surface area contributed by atoms with Gasteiger partial charge in [0.05, 0.1) is 10.6 Å². The number of hydrogen-bond donors (Lipinski definition) is 1. The maximum absolute atomic E-state index is 10.4. The molecule has 0 heterocycles. The summed E-state index contributed by atoms with van der Waals surface area (Å²) in [5, 5.41) is 10.4. The van der Waals surface area contributed by atoms with Crippen LogP contribution in [0.25, 0.3) is 0 Å². The van der Waals surface area contributed by atoms with Crippen molar-refractivity contribution in [1.82, 2.24) is 0 Å². The molecule has 0 aliphatic heterocycles. The van der Waals surface area contributed by atoms with Crippen molar-refractivity contribution < 1.29 is 17.9 Å². The Labute approximate surface area is 81.1 Å². The summed E-state index contributed by atoms with van der Waals surface area (Å²) < 4.78 is 24.6. The standard InChI is InChI=1S/C6H6N2O5S/c7-4-2-1-3-5(8(9)10)6(4)13-14(11)12/h1-3H,7H2,(H,11,12)/p-1. The molecular formula is C6H5N2O5S-. The average molecular weight is 217 g/mol. The van der Waals surface area contributed by atoms with E-state index < -0.39 is 27.7 Å². The summed E-state index contributed by atoms with van der Waals surface area (Å²) in [5.74, 6) is -0.467. The summed E-state index contributed by atoms with van der Waals surface area (Å²) in [6, 6.07) is 3.72. The van der Waals surface area contributed by atoms with Crippen molar-refractivity contribution in [3.63, 3.8) is 0 Å². The third kappa shape index (κ3) is 2.18. The highest BCUT2D eigenvalue weighted by Crippen LogP contribution is 2.32. The van der Waals surface area contributed by atoms with Gasteiger partial charge in [-0.25, -0.2) is 4.21 Å². The highest BCUT2D eigenvalue weighted by molar-refractivity contribution is 7.74. The smallest absolute Gasteiger partial charge is 0.314 e. The second kappa shape index (κ2) is 4.03. The Balaban J connectivity index is 3.22. The second-order valence-electron chi connectivity index (χ2n) is 2.24. The summed E-state index contributed by atoms with van der Waals surface area (Å²) in [6.07, 6.45) is 0. The fraction of sp³-hybridized carbons (Fsp3) is 0. The maximum Gasteiger partial charge on any atom is 0.314 e. The molecule has 1 atom stereocenters. The Bertz CT molecular complexity index is 394. The van der Waals surface area contributed by atoms with E-state index in [4.69, 9.17) is 5.73 Å². The largest absolute Gasteiger partial charge is 0.740 e. The Hall–Kier alpha value is -1.67. The fourth-order valence-electron chi connectivity index (χ4n) is 0.845. The van der Waals surface area contributed by atoms with Gasteiger partial charge in [0.1, 0.15) is 11.4 Å². The zero-order valence-corrected chi connectivity index (χ0v) is 7.52. The van der Waals surface area contributed by atoms with E-state index in [0.717, 1.165) is 6.07 Å². The Morgan fingerprint density at radius 2 is 2.14 bits per heavy atom. The third-order valence-electron chi connectivity index (χ3n) is 1.37. The molecule has 1 aromatic carbocycles. The first kappa shape index (κ1) is 10.4. The summed E-state index contributed by atoms with van der Waals surface area (Å²) >= 11 is -2.89. The Kier molecular flexibility index (Phi) is 2.99. The average Bonchev–Trinajstić information content (AvgIpc) is 2.07. The lowest BCUT2D eigenvalue weighted by atomic mass is 10.2. The summed E-state index contributed by atoms with van der Waals surface area (Å²) in [6.45, 7) is 0. The van der Waals surface area contributed by atoms with E-state index in [1.165, 1.54) is 12.1 Å². The van der Waals surface area contributed by atoms with Crippen LogP contribution in [0.4, 0.5) is 11.4 Å². The molecule has 0 saturated carbocycles. The van der Waals surface area contributed by atoms with Crippen molar-refractivity contribution in [1.29, 1.82) is 0 Å². The number of anilines is 1. The maximum atomic E-state index is 10.4. The molecule has 0 fully saturated rings. The van der Waals surface area contributed by atoms with E-state index in [9.17, 15) is 18.9 Å². The van der Waals surface area contributed by atoms with E-state index in [0.29, 0.717) is 0 Å². The first-order chi connectivity index (χ1) is 6.52. The number of hydrogen-bond acceptors (Lipinski definition) is 6. The normalized spacial score (nSPS) is 12.1. The number of rotatable bonds is 3. The number of nitro benzene ring substituents is 1. The van der Waals surface area contributed by atoms with Gasteiger partial charge >= 0.3 is 5.69 Å². The van der Waals surface area contributed by atoms with E-state index >= 15 is 0 Å². The predicted molar refractivity (Wildman–Crippen MR) is 47.1 cm³/mol. The third-order valence-corrected chi connectivity index (χ3v) is 1.68. The van der Waals surface area contributed by atoms with Gasteiger partial charge in [0.2, 0.25) is 5.75 Å². The van der Waals surface area contributed by atoms with Crippen LogP contribution in [0.3, 0.4) is 0 Å². The lowest BCUT2D eigenvalue weighted by molar-refractivity contribution is -0.385. The molecule has 0 saturated heterocycles. The zero-order chi connectivity index (χ0) is 10.7. The molecule has 0 spiro atoms. The minimum absolute atomic E-state index is 0.108. The van der Waals surface area contributed by atoms with Crippen molar-refractivity contribution in [2.24, 2.45) is 0 Å². The van der Waals surface area contributed by atoms with Gasteiger partial charge in [0.15, 0.2) is 0 Å². The quantitative estimate of drug-likeness (QED) is 0.337. The van der Waals surface area contributed by atoms with Crippen molar-refractivity contribution >= 4 is 22.7 Å². The molecule has 0 radical (unpaired) electrons. The number of nitrogen functional groups attached to an aromatic ring is 1. The van der Waals surface area contributed by atoms with Crippen LogP contribution in [-0.4, -0.2) is 13.7 Å². The van der Waals surface area contributed by atoms with Gasteiger partial charge < -0.3 is 14.5 Å². The van der Waals surface area contributed by atoms with E-state index in [2.05, 4.69) is 4.18 Å². The first-order valence-electron chi connectivity index (χ1n) is 3.33. The van der Waals surface area contributed by atoms with Gasteiger partial charge in [-0.05, 0) is 6.07 Å². The minimum atomic E-state index is -2.89. The topological polar surface area (TPSA) is 119 Å². The van der Waals surface area contributed by atoms with Crippen LogP contribution in [0.15, 0.2) is 18.2 Å². The lowest BCUT2D eigenvalue weighted by Crippen LogP contribution is -2.04. The van der Waals surface area contributed by atoms with Gasteiger partial charge in [-0.3, -0.25) is 10.1 Å². The van der Waals surface area contributed by atoms with Crippen molar-refractivity contribution in [3.05, 3.63) is 28.3 Å². The Morgan fingerprint density at radius 1 is 1.50 bits per heavy atom. The van der Waals surface area contributed by atoms with E-state index in [1.807, 2.05) is 0 Å². The highest BCUT2D eigenvalue weighted by atomic mass is 32.2. The molecule has 1 rings (SSSR count). The number of nitrogens with zero attached hydrogens (tertiary/aromatic N) is 1. The van der Waals surface area contributed by atoms with Crippen LogP contribution in [0.5, 0.6) is 5.75 Å². The number of nitro groups is 1. The molecule has 0 bridgehead atoms. The van der Waals surface area contributed by atoms with E-state index in [1.54, 1.807) is 0 Å². The minimum Gasteiger partial charge on any atom is -0.740 e. The molecule has 1 unspecified atom stereocenters. The molecular weight excluding hydrogens is 212 g/mol. The highest BCUT2D eigenvalue weighted by Gasteiger charge is 2.17. The van der Waals surface area contributed by atoms with Crippen LogP contribution < -0.4 is 9.92 Å². The van der Waals surface area contributed by atoms with Gasteiger partial charge in [-0.15, -0.1) is 0 Å². The fourth-order valence-corrected chi connectivity index (χ4v) is 1.16. The molecule has 14 heavy (non-hydrogen) atoms. The lowest BCUT2D eigenvalue weighted by Gasteiger charge is -2.09. The SMILES string of the molecule is Nc1cccc([N+](=O)[O-])c1OS(=O)[O-]. The summed E-state index contributed by atoms with van der Waals surface area (Å²) in [4.78, 5) is 9.65. The van der Waals surface area contributed by atoms with Crippen molar-refractivity contribution in [3.8, 4) is 5.75 Å². The monoisotopic (exact) mass is 217 g/mol. The number of nitrogens with two attached hydrogens (primary N) is 1. The molecule has 8 heteroatoms. The molecule has 0 aliphatic carbocycles. The first-order valence-corrected chi connectivity index (χ1v) is 4.33. The summed E-state index contributed by atoms with van der Waals surface area (Å²) in [5.41, 5.74) is 4.71. The zero-order valence-electron chi connectivity index (χ0n) is 6.71. The molecule has 76 valence electrons. The van der Waals surface area contributed by atoms with Crippen LogP contribution >= 0.6 is 0 Å². The van der Waals surface area contributed by atoms with Crippen molar-refractivity contribution in [2.45, 2.75) is 0 Å². The molecule has 7 nitrogen and oxygen atoms in total. The van der Waals surface area contributed by atoms with Crippen LogP contribution in [0, 0.1) is 10.1 Å². The van der Waals surface area contributed by atoms with Gasteiger partial charge in [-0.1, -0.05) is 6.07 Å². The molecule has 0 aromatic heterocycles. The van der Waals surface area contributed by atoms with Gasteiger partial charge in [0.25, 0.3) is 0 Å². The second-order valence-corrected chi connectivity index (χ2v) is 2.81.